The normalized spacial score (nSPS) is 16.6. The van der Waals surface area contributed by atoms with Crippen molar-refractivity contribution < 1.29 is 18.3 Å². The third-order valence-electron chi connectivity index (χ3n) is 3.26. The number of halogens is 3. The Labute approximate surface area is 122 Å². The Kier molecular flexibility index (Phi) is 6.01. The Balaban J connectivity index is 1.88. The van der Waals surface area contributed by atoms with Gasteiger partial charge in [-0.1, -0.05) is 11.6 Å². The number of hydrogen-bond donors (Lipinski definition) is 0. The molecule has 0 unspecified atom stereocenters. The van der Waals surface area contributed by atoms with E-state index in [4.69, 9.17) is 16.3 Å². The molecule has 1 aromatic rings. The van der Waals surface area contributed by atoms with Gasteiger partial charge in [-0.2, -0.15) is 8.78 Å². The minimum atomic E-state index is -2.81. The highest BCUT2D eigenvalue weighted by Crippen LogP contribution is 2.25. The van der Waals surface area contributed by atoms with Crippen molar-refractivity contribution in [2.24, 2.45) is 0 Å². The molecule has 0 aliphatic carbocycles. The second-order valence-corrected chi connectivity index (χ2v) is 5.12. The summed E-state index contributed by atoms with van der Waals surface area (Å²) in [6.45, 7) is 1.48. The van der Waals surface area contributed by atoms with Crippen molar-refractivity contribution in [2.45, 2.75) is 19.5 Å². The maximum Gasteiger partial charge on any atom is 0.387 e. The number of benzene rings is 1. The van der Waals surface area contributed by atoms with E-state index in [-0.39, 0.29) is 5.75 Å². The van der Waals surface area contributed by atoms with Crippen LogP contribution in [0.3, 0.4) is 0 Å². The van der Waals surface area contributed by atoms with Crippen LogP contribution < -0.4 is 4.74 Å². The van der Waals surface area contributed by atoms with Crippen LogP contribution in [-0.4, -0.2) is 44.4 Å². The van der Waals surface area contributed by atoms with Gasteiger partial charge in [0.05, 0.1) is 13.2 Å². The van der Waals surface area contributed by atoms with Crippen LogP contribution in [0.25, 0.3) is 0 Å². The zero-order chi connectivity index (χ0) is 14.4. The fourth-order valence-electron chi connectivity index (χ4n) is 2.27. The topological polar surface area (TPSA) is 21.7 Å². The molecule has 0 bridgehead atoms. The molecule has 6 heteroatoms. The predicted octanol–water partition coefficient (Wildman–Crippen LogP) is 3.21. The van der Waals surface area contributed by atoms with Crippen molar-refractivity contribution in [2.75, 3.05) is 32.8 Å². The van der Waals surface area contributed by atoms with E-state index in [0.717, 1.165) is 44.8 Å². The van der Waals surface area contributed by atoms with Gasteiger partial charge in [0.15, 0.2) is 0 Å². The smallest absolute Gasteiger partial charge is 0.387 e. The minimum absolute atomic E-state index is 0.214. The number of nitrogens with zero attached hydrogens (tertiary/aromatic N) is 1. The molecule has 0 radical (unpaired) electrons. The van der Waals surface area contributed by atoms with E-state index in [0.29, 0.717) is 11.4 Å². The van der Waals surface area contributed by atoms with Crippen LogP contribution in [0.2, 0.25) is 5.02 Å². The molecular weight excluding hydrogens is 288 g/mol. The Hall–Kier alpha value is -0.910. The highest BCUT2D eigenvalue weighted by atomic mass is 35.5. The van der Waals surface area contributed by atoms with E-state index in [1.807, 2.05) is 0 Å². The summed E-state index contributed by atoms with van der Waals surface area (Å²) in [6.07, 6.45) is 1.54. The molecular formula is C14H18ClF2NO2. The Bertz CT molecular complexity index is 426. The van der Waals surface area contributed by atoms with E-state index in [9.17, 15) is 8.78 Å². The molecule has 1 heterocycles. The number of morpholine rings is 1. The second kappa shape index (κ2) is 7.76. The molecule has 112 valence electrons. The molecule has 20 heavy (non-hydrogen) atoms. The first kappa shape index (κ1) is 15.5. The molecule has 0 spiro atoms. The van der Waals surface area contributed by atoms with Crippen LogP contribution in [0, 0.1) is 0 Å². The lowest BCUT2D eigenvalue weighted by atomic mass is 10.1. The third-order valence-corrected chi connectivity index (χ3v) is 3.50. The average Bonchev–Trinajstić information content (AvgIpc) is 2.42. The fourth-order valence-corrected chi connectivity index (χ4v) is 2.47. The van der Waals surface area contributed by atoms with Gasteiger partial charge in [0.25, 0.3) is 0 Å². The lowest BCUT2D eigenvalue weighted by molar-refractivity contribution is -0.0504. The zero-order valence-corrected chi connectivity index (χ0v) is 11.9. The maximum absolute atomic E-state index is 12.3. The summed E-state index contributed by atoms with van der Waals surface area (Å²) in [5.41, 5.74) is 0.728. The van der Waals surface area contributed by atoms with E-state index >= 15 is 0 Å². The van der Waals surface area contributed by atoms with Crippen molar-refractivity contribution in [3.63, 3.8) is 0 Å². The molecule has 2 rings (SSSR count). The SMILES string of the molecule is FC(F)Oc1ccc(Cl)cc1CCCN1CCOCC1. The second-order valence-electron chi connectivity index (χ2n) is 4.69. The number of hydrogen-bond acceptors (Lipinski definition) is 3. The molecule has 0 N–H and O–H groups in total. The monoisotopic (exact) mass is 305 g/mol. The number of aryl methyl sites for hydroxylation is 1. The van der Waals surface area contributed by atoms with Crippen LogP contribution in [0.1, 0.15) is 12.0 Å². The van der Waals surface area contributed by atoms with E-state index in [1.54, 1.807) is 12.1 Å². The number of rotatable bonds is 6. The van der Waals surface area contributed by atoms with Crippen LogP contribution >= 0.6 is 11.6 Å². The van der Waals surface area contributed by atoms with Crippen molar-refractivity contribution in [1.82, 2.24) is 4.90 Å². The third kappa shape index (κ3) is 4.89. The summed E-state index contributed by atoms with van der Waals surface area (Å²) in [4.78, 5) is 2.31. The molecule has 1 aliphatic rings. The van der Waals surface area contributed by atoms with Crippen molar-refractivity contribution in [3.05, 3.63) is 28.8 Å². The molecule has 1 aliphatic heterocycles. The van der Waals surface area contributed by atoms with Gasteiger partial charge in [0.2, 0.25) is 0 Å². The van der Waals surface area contributed by atoms with E-state index in [2.05, 4.69) is 9.64 Å². The predicted molar refractivity (Wildman–Crippen MR) is 73.7 cm³/mol. The highest BCUT2D eigenvalue weighted by Gasteiger charge is 2.12. The first-order valence-electron chi connectivity index (χ1n) is 6.68. The first-order chi connectivity index (χ1) is 9.65. The van der Waals surface area contributed by atoms with Crippen LogP contribution in [0.15, 0.2) is 18.2 Å². The van der Waals surface area contributed by atoms with Gasteiger partial charge in [-0.25, -0.2) is 0 Å². The molecule has 0 saturated carbocycles. The van der Waals surface area contributed by atoms with Crippen molar-refractivity contribution in [3.8, 4) is 5.75 Å². The van der Waals surface area contributed by atoms with Gasteiger partial charge >= 0.3 is 6.61 Å². The van der Waals surface area contributed by atoms with E-state index in [1.165, 1.54) is 6.07 Å². The van der Waals surface area contributed by atoms with Crippen molar-refractivity contribution in [1.29, 1.82) is 0 Å². The average molecular weight is 306 g/mol. The summed E-state index contributed by atoms with van der Waals surface area (Å²) in [5, 5.41) is 0.535. The fraction of sp³-hybridized carbons (Fsp3) is 0.571. The molecule has 1 aromatic carbocycles. The maximum atomic E-state index is 12.3. The molecule has 1 saturated heterocycles. The summed E-state index contributed by atoms with van der Waals surface area (Å²) < 4.78 is 34.5. The number of ether oxygens (including phenoxy) is 2. The largest absolute Gasteiger partial charge is 0.435 e. The van der Waals surface area contributed by atoms with Gasteiger partial charge < -0.3 is 9.47 Å². The van der Waals surface area contributed by atoms with Crippen LogP contribution in [0.5, 0.6) is 5.75 Å². The van der Waals surface area contributed by atoms with E-state index < -0.39 is 6.61 Å². The highest BCUT2D eigenvalue weighted by molar-refractivity contribution is 6.30. The van der Waals surface area contributed by atoms with Gasteiger partial charge in [-0.3, -0.25) is 4.90 Å². The molecule has 0 aromatic heterocycles. The van der Waals surface area contributed by atoms with Gasteiger partial charge in [0, 0.05) is 18.1 Å². The van der Waals surface area contributed by atoms with Crippen LogP contribution in [0.4, 0.5) is 8.78 Å². The lowest BCUT2D eigenvalue weighted by Crippen LogP contribution is -2.36. The minimum Gasteiger partial charge on any atom is -0.435 e. The summed E-state index contributed by atoms with van der Waals surface area (Å²) in [6, 6.07) is 4.75. The van der Waals surface area contributed by atoms with Gasteiger partial charge in [-0.15, -0.1) is 0 Å². The van der Waals surface area contributed by atoms with Gasteiger partial charge in [0.1, 0.15) is 5.75 Å². The van der Waals surface area contributed by atoms with Crippen molar-refractivity contribution >= 4 is 11.6 Å². The molecule has 1 fully saturated rings. The molecule has 0 atom stereocenters. The molecule has 0 amide bonds. The first-order valence-corrected chi connectivity index (χ1v) is 7.06. The summed E-state index contributed by atoms with van der Waals surface area (Å²) >= 11 is 5.91. The van der Waals surface area contributed by atoms with Crippen LogP contribution in [-0.2, 0) is 11.2 Å². The number of alkyl halides is 2. The lowest BCUT2D eigenvalue weighted by Gasteiger charge is -2.26. The Morgan fingerprint density at radius 2 is 2.05 bits per heavy atom. The summed E-state index contributed by atoms with van der Waals surface area (Å²) in [7, 11) is 0. The molecule has 3 nitrogen and oxygen atoms in total. The Morgan fingerprint density at radius 3 is 2.75 bits per heavy atom. The quantitative estimate of drug-likeness (QED) is 0.805. The van der Waals surface area contributed by atoms with Gasteiger partial charge in [-0.05, 0) is 43.1 Å². The zero-order valence-electron chi connectivity index (χ0n) is 11.2. The standard InChI is InChI=1S/C14H18ClF2NO2/c15-12-3-4-13(20-14(16)17)11(10-12)2-1-5-18-6-8-19-9-7-18/h3-4,10,14H,1-2,5-9H2. The Morgan fingerprint density at radius 1 is 1.30 bits per heavy atom. The summed E-state index contributed by atoms with van der Waals surface area (Å²) in [5.74, 6) is 0.214.